The van der Waals surface area contributed by atoms with Crippen LogP contribution in [0, 0.1) is 6.92 Å². The van der Waals surface area contributed by atoms with Crippen molar-refractivity contribution in [2.75, 3.05) is 19.5 Å². The van der Waals surface area contributed by atoms with E-state index in [2.05, 4.69) is 15.3 Å². The summed E-state index contributed by atoms with van der Waals surface area (Å²) in [5.41, 5.74) is 2.28. The molecular formula is C21H19N3O4. The third-order valence-corrected chi connectivity index (χ3v) is 4.15. The van der Waals surface area contributed by atoms with Crippen LogP contribution in [-0.2, 0) is 4.74 Å². The van der Waals surface area contributed by atoms with Crippen molar-refractivity contribution in [2.45, 2.75) is 6.92 Å². The van der Waals surface area contributed by atoms with Gasteiger partial charge in [-0.25, -0.2) is 14.8 Å². The van der Waals surface area contributed by atoms with Crippen LogP contribution in [0.3, 0.4) is 0 Å². The molecule has 3 rings (SSSR count). The largest absolute Gasteiger partial charge is 0.497 e. The minimum absolute atomic E-state index is 0.270. The van der Waals surface area contributed by atoms with Crippen LogP contribution in [-0.4, -0.2) is 36.1 Å². The summed E-state index contributed by atoms with van der Waals surface area (Å²) in [5, 5.41) is 2.72. The van der Waals surface area contributed by atoms with Crippen molar-refractivity contribution in [1.29, 1.82) is 0 Å². The van der Waals surface area contributed by atoms with Gasteiger partial charge in [0, 0.05) is 11.8 Å². The lowest BCUT2D eigenvalue weighted by atomic mass is 10.1. The maximum Gasteiger partial charge on any atom is 0.339 e. The van der Waals surface area contributed by atoms with Crippen molar-refractivity contribution in [3.05, 3.63) is 71.5 Å². The van der Waals surface area contributed by atoms with E-state index in [0.29, 0.717) is 22.8 Å². The summed E-state index contributed by atoms with van der Waals surface area (Å²) >= 11 is 0. The number of esters is 1. The van der Waals surface area contributed by atoms with Crippen LogP contribution >= 0.6 is 0 Å². The molecular weight excluding hydrogens is 358 g/mol. The molecule has 0 bridgehead atoms. The summed E-state index contributed by atoms with van der Waals surface area (Å²) in [7, 11) is 2.89. The summed E-state index contributed by atoms with van der Waals surface area (Å²) in [4.78, 5) is 33.3. The molecule has 0 unspecified atom stereocenters. The highest BCUT2D eigenvalue weighted by molar-refractivity contribution is 6.08. The van der Waals surface area contributed by atoms with Gasteiger partial charge >= 0.3 is 5.97 Å². The Morgan fingerprint density at radius 2 is 1.68 bits per heavy atom. The molecule has 142 valence electrons. The number of hydrogen-bond donors (Lipinski definition) is 1. The fourth-order valence-corrected chi connectivity index (χ4v) is 2.64. The van der Waals surface area contributed by atoms with Crippen LogP contribution in [0.5, 0.6) is 5.75 Å². The van der Waals surface area contributed by atoms with Crippen molar-refractivity contribution < 1.29 is 19.1 Å². The topological polar surface area (TPSA) is 90.4 Å². The monoisotopic (exact) mass is 377 g/mol. The number of rotatable bonds is 5. The van der Waals surface area contributed by atoms with Crippen LogP contribution in [0.25, 0.3) is 11.4 Å². The van der Waals surface area contributed by atoms with Gasteiger partial charge in [-0.05, 0) is 43.3 Å². The number of nitrogens with one attached hydrogen (secondary N) is 1. The first-order chi connectivity index (χ1) is 13.5. The molecule has 1 N–H and O–H groups in total. The Labute approximate surface area is 162 Å². The molecule has 0 aliphatic carbocycles. The predicted octanol–water partition coefficient (Wildman–Crippen LogP) is 3.50. The number of carbonyl (C=O) groups excluding carboxylic acids is 2. The molecule has 2 aromatic carbocycles. The first kappa shape index (κ1) is 19.0. The highest BCUT2D eigenvalue weighted by Gasteiger charge is 2.17. The Balaban J connectivity index is 1.84. The van der Waals surface area contributed by atoms with Gasteiger partial charge in [-0.1, -0.05) is 12.1 Å². The second kappa shape index (κ2) is 8.30. The SMILES string of the molecule is COC(=O)c1ccccc1NC(=O)c1cnc(-c2ccc(OC)cc2)nc1C. The number of methoxy groups -OCH3 is 2. The molecule has 7 heteroatoms. The standard InChI is InChI=1S/C21H19N3O4/c1-13-17(12-22-19(23-13)14-8-10-15(27-2)11-9-14)20(25)24-18-7-5-4-6-16(18)21(26)28-3/h4-12H,1-3H3,(H,24,25). The number of amides is 1. The van der Waals surface area contributed by atoms with Crippen molar-refractivity contribution in [3.8, 4) is 17.1 Å². The van der Waals surface area contributed by atoms with Gasteiger partial charge in [-0.15, -0.1) is 0 Å². The molecule has 3 aromatic rings. The fourth-order valence-electron chi connectivity index (χ4n) is 2.64. The smallest absolute Gasteiger partial charge is 0.339 e. The Morgan fingerprint density at radius 1 is 0.964 bits per heavy atom. The highest BCUT2D eigenvalue weighted by Crippen LogP contribution is 2.21. The normalized spacial score (nSPS) is 10.2. The lowest BCUT2D eigenvalue weighted by molar-refractivity contribution is 0.0602. The number of aryl methyl sites for hydroxylation is 1. The Hall–Kier alpha value is -3.74. The molecule has 1 amide bonds. The van der Waals surface area contributed by atoms with Crippen LogP contribution < -0.4 is 10.1 Å². The molecule has 1 aromatic heterocycles. The molecule has 28 heavy (non-hydrogen) atoms. The summed E-state index contributed by atoms with van der Waals surface area (Å²) in [6.07, 6.45) is 1.47. The quantitative estimate of drug-likeness (QED) is 0.685. The summed E-state index contributed by atoms with van der Waals surface area (Å²) in [6, 6.07) is 14.0. The van der Waals surface area contributed by atoms with Crippen molar-refractivity contribution in [2.24, 2.45) is 0 Å². The molecule has 0 saturated heterocycles. The number of hydrogen-bond acceptors (Lipinski definition) is 6. The van der Waals surface area contributed by atoms with Crippen molar-refractivity contribution >= 4 is 17.6 Å². The molecule has 1 heterocycles. The van der Waals surface area contributed by atoms with Crippen LogP contribution in [0.15, 0.2) is 54.7 Å². The maximum atomic E-state index is 12.7. The number of nitrogens with zero attached hydrogens (tertiary/aromatic N) is 2. The number of benzene rings is 2. The third-order valence-electron chi connectivity index (χ3n) is 4.15. The fraction of sp³-hybridized carbons (Fsp3) is 0.143. The summed E-state index contributed by atoms with van der Waals surface area (Å²) in [5.74, 6) is 0.307. The van der Waals surface area contributed by atoms with E-state index in [1.807, 2.05) is 24.3 Å². The first-order valence-corrected chi connectivity index (χ1v) is 8.50. The second-order valence-corrected chi connectivity index (χ2v) is 5.91. The predicted molar refractivity (Wildman–Crippen MR) is 104 cm³/mol. The molecule has 0 atom stereocenters. The molecule has 7 nitrogen and oxygen atoms in total. The maximum absolute atomic E-state index is 12.7. The lowest BCUT2D eigenvalue weighted by Crippen LogP contribution is -2.17. The second-order valence-electron chi connectivity index (χ2n) is 5.91. The molecule has 0 aliphatic rings. The van der Waals surface area contributed by atoms with Gasteiger partial charge in [0.2, 0.25) is 0 Å². The Kier molecular flexibility index (Phi) is 5.64. The minimum Gasteiger partial charge on any atom is -0.497 e. The average Bonchev–Trinajstić information content (AvgIpc) is 2.73. The summed E-state index contributed by atoms with van der Waals surface area (Å²) in [6.45, 7) is 1.73. The zero-order valence-electron chi connectivity index (χ0n) is 15.7. The molecule has 0 radical (unpaired) electrons. The molecule has 0 fully saturated rings. The summed E-state index contributed by atoms with van der Waals surface area (Å²) < 4.78 is 9.89. The van der Waals surface area contributed by atoms with Gasteiger partial charge in [0.25, 0.3) is 5.91 Å². The number of aromatic nitrogens is 2. The molecule has 0 spiro atoms. The van der Waals surface area contributed by atoms with Gasteiger partial charge < -0.3 is 14.8 Å². The van der Waals surface area contributed by atoms with E-state index in [0.717, 1.165) is 11.3 Å². The first-order valence-electron chi connectivity index (χ1n) is 8.50. The van der Waals surface area contributed by atoms with E-state index in [1.54, 1.807) is 38.3 Å². The van der Waals surface area contributed by atoms with Gasteiger partial charge in [-0.2, -0.15) is 0 Å². The van der Waals surface area contributed by atoms with E-state index in [-0.39, 0.29) is 5.56 Å². The van der Waals surface area contributed by atoms with E-state index >= 15 is 0 Å². The van der Waals surface area contributed by atoms with Crippen molar-refractivity contribution in [1.82, 2.24) is 9.97 Å². The number of para-hydroxylation sites is 1. The minimum atomic E-state index is -0.529. The number of anilines is 1. The highest BCUT2D eigenvalue weighted by atomic mass is 16.5. The molecule has 0 aliphatic heterocycles. The van der Waals surface area contributed by atoms with E-state index in [1.165, 1.54) is 13.3 Å². The average molecular weight is 377 g/mol. The zero-order valence-corrected chi connectivity index (χ0v) is 15.7. The van der Waals surface area contributed by atoms with Crippen LogP contribution in [0.1, 0.15) is 26.4 Å². The van der Waals surface area contributed by atoms with Gasteiger partial charge in [-0.3, -0.25) is 4.79 Å². The van der Waals surface area contributed by atoms with Crippen molar-refractivity contribution in [3.63, 3.8) is 0 Å². The van der Waals surface area contributed by atoms with Gasteiger partial charge in [0.1, 0.15) is 5.75 Å². The van der Waals surface area contributed by atoms with E-state index in [9.17, 15) is 9.59 Å². The van der Waals surface area contributed by atoms with E-state index < -0.39 is 11.9 Å². The van der Waals surface area contributed by atoms with Gasteiger partial charge in [0.05, 0.1) is 36.7 Å². The third kappa shape index (κ3) is 3.98. The Morgan fingerprint density at radius 3 is 2.32 bits per heavy atom. The van der Waals surface area contributed by atoms with E-state index in [4.69, 9.17) is 9.47 Å². The van der Waals surface area contributed by atoms with Crippen LogP contribution in [0.2, 0.25) is 0 Å². The lowest BCUT2D eigenvalue weighted by Gasteiger charge is -2.11. The molecule has 0 saturated carbocycles. The van der Waals surface area contributed by atoms with Gasteiger partial charge in [0.15, 0.2) is 5.82 Å². The van der Waals surface area contributed by atoms with Crippen LogP contribution in [0.4, 0.5) is 5.69 Å². The zero-order chi connectivity index (χ0) is 20.1. The number of carbonyl (C=O) groups is 2. The number of ether oxygens (including phenoxy) is 2. The Bertz CT molecular complexity index is 1020.